The maximum absolute atomic E-state index is 4.12. The van der Waals surface area contributed by atoms with Crippen molar-refractivity contribution in [1.29, 1.82) is 0 Å². The van der Waals surface area contributed by atoms with E-state index in [2.05, 4.69) is 42.2 Å². The molecule has 1 N–H and O–H groups in total. The molecule has 3 heteroatoms. The van der Waals surface area contributed by atoms with Crippen molar-refractivity contribution in [3.8, 4) is 0 Å². The predicted molar refractivity (Wildman–Crippen MR) is 59.0 cm³/mol. The molecule has 0 radical (unpaired) electrons. The third-order valence-corrected chi connectivity index (χ3v) is 1.92. The molecule has 1 aromatic heterocycles. The molecule has 0 atom stereocenters. The number of nitrogens with one attached hydrogen (secondary N) is 1. The van der Waals surface area contributed by atoms with Gasteiger partial charge in [0, 0.05) is 24.8 Å². The molecule has 0 saturated heterocycles. The fourth-order valence-corrected chi connectivity index (χ4v) is 1.15. The van der Waals surface area contributed by atoms with Crippen LogP contribution in [0.4, 0.5) is 0 Å². The number of rotatable bonds is 4. The lowest BCUT2D eigenvalue weighted by atomic mass is 10.1. The highest BCUT2D eigenvalue weighted by Crippen LogP contribution is 2.04. The predicted octanol–water partition coefficient (Wildman–Crippen LogP) is 1.96. The molecule has 0 aliphatic carbocycles. The summed E-state index contributed by atoms with van der Waals surface area (Å²) in [6.07, 6.45) is 5.60. The van der Waals surface area contributed by atoms with Crippen LogP contribution in [0.15, 0.2) is 25.2 Å². The quantitative estimate of drug-likeness (QED) is 0.741. The fourth-order valence-electron chi connectivity index (χ4n) is 1.15. The highest BCUT2D eigenvalue weighted by molar-refractivity contribution is 5.00. The lowest BCUT2D eigenvalue weighted by Crippen LogP contribution is -2.35. The minimum absolute atomic E-state index is 0.142. The van der Waals surface area contributed by atoms with Crippen LogP contribution >= 0.6 is 0 Å². The number of nitrogens with zero attached hydrogens (tertiary/aromatic N) is 2. The Morgan fingerprint density at radius 1 is 1.57 bits per heavy atom. The van der Waals surface area contributed by atoms with Crippen LogP contribution in [0.2, 0.25) is 0 Å². The SMILES string of the molecule is C=CCn1cncc1CNC(C)(C)C. The maximum Gasteiger partial charge on any atom is 0.0951 e. The Hall–Kier alpha value is -1.09. The molecule has 0 saturated carbocycles. The lowest BCUT2D eigenvalue weighted by molar-refractivity contribution is 0.417. The van der Waals surface area contributed by atoms with Crippen molar-refractivity contribution in [2.45, 2.75) is 39.4 Å². The van der Waals surface area contributed by atoms with Gasteiger partial charge in [0.25, 0.3) is 0 Å². The molecule has 0 bridgehead atoms. The molecule has 0 aliphatic rings. The van der Waals surface area contributed by atoms with Gasteiger partial charge < -0.3 is 9.88 Å². The fraction of sp³-hybridized carbons (Fsp3) is 0.545. The Balaban J connectivity index is 2.58. The number of allylic oxidation sites excluding steroid dienone is 1. The molecule has 0 aromatic carbocycles. The van der Waals surface area contributed by atoms with Crippen molar-refractivity contribution < 1.29 is 0 Å². The first-order chi connectivity index (χ1) is 6.53. The van der Waals surface area contributed by atoms with E-state index >= 15 is 0 Å². The zero-order valence-corrected chi connectivity index (χ0v) is 9.25. The van der Waals surface area contributed by atoms with Gasteiger partial charge in [-0.15, -0.1) is 6.58 Å². The van der Waals surface area contributed by atoms with Crippen LogP contribution in [0.3, 0.4) is 0 Å². The third-order valence-electron chi connectivity index (χ3n) is 1.92. The van der Waals surface area contributed by atoms with Crippen molar-refractivity contribution in [3.63, 3.8) is 0 Å². The maximum atomic E-state index is 4.12. The summed E-state index contributed by atoms with van der Waals surface area (Å²) in [7, 11) is 0. The zero-order chi connectivity index (χ0) is 10.6. The van der Waals surface area contributed by atoms with E-state index in [1.54, 1.807) is 0 Å². The van der Waals surface area contributed by atoms with Gasteiger partial charge in [0.15, 0.2) is 0 Å². The summed E-state index contributed by atoms with van der Waals surface area (Å²) < 4.78 is 2.09. The average Bonchev–Trinajstić information content (AvgIpc) is 2.48. The first-order valence-electron chi connectivity index (χ1n) is 4.88. The molecule has 0 fully saturated rings. The smallest absolute Gasteiger partial charge is 0.0951 e. The van der Waals surface area contributed by atoms with E-state index in [-0.39, 0.29) is 5.54 Å². The van der Waals surface area contributed by atoms with E-state index in [0.29, 0.717) is 0 Å². The molecule has 14 heavy (non-hydrogen) atoms. The summed E-state index contributed by atoms with van der Waals surface area (Å²) >= 11 is 0. The van der Waals surface area contributed by atoms with Crippen molar-refractivity contribution in [3.05, 3.63) is 30.9 Å². The minimum Gasteiger partial charge on any atom is -0.330 e. The highest BCUT2D eigenvalue weighted by Gasteiger charge is 2.09. The number of aromatic nitrogens is 2. The van der Waals surface area contributed by atoms with Crippen LogP contribution in [0.1, 0.15) is 26.5 Å². The van der Waals surface area contributed by atoms with Crippen LogP contribution in [0, 0.1) is 0 Å². The molecule has 3 nitrogen and oxygen atoms in total. The number of hydrogen-bond donors (Lipinski definition) is 1. The van der Waals surface area contributed by atoms with Gasteiger partial charge in [-0.1, -0.05) is 6.08 Å². The van der Waals surface area contributed by atoms with E-state index in [0.717, 1.165) is 13.1 Å². The second kappa shape index (κ2) is 4.42. The Labute approximate surface area is 85.8 Å². The van der Waals surface area contributed by atoms with E-state index in [9.17, 15) is 0 Å². The van der Waals surface area contributed by atoms with Crippen LogP contribution < -0.4 is 5.32 Å². The summed E-state index contributed by atoms with van der Waals surface area (Å²) in [5.41, 5.74) is 1.34. The molecular weight excluding hydrogens is 174 g/mol. The Morgan fingerprint density at radius 3 is 2.86 bits per heavy atom. The van der Waals surface area contributed by atoms with E-state index in [4.69, 9.17) is 0 Å². The first kappa shape index (κ1) is 11.0. The summed E-state index contributed by atoms with van der Waals surface area (Å²) in [6, 6.07) is 0. The largest absolute Gasteiger partial charge is 0.330 e. The summed E-state index contributed by atoms with van der Waals surface area (Å²) in [5, 5.41) is 3.43. The number of imidazole rings is 1. The normalized spacial score (nSPS) is 11.6. The molecule has 1 rings (SSSR count). The van der Waals surface area contributed by atoms with Crippen LogP contribution in [-0.4, -0.2) is 15.1 Å². The van der Waals surface area contributed by atoms with Gasteiger partial charge in [-0.3, -0.25) is 0 Å². The van der Waals surface area contributed by atoms with Gasteiger partial charge in [-0.2, -0.15) is 0 Å². The molecule has 78 valence electrons. The summed E-state index contributed by atoms with van der Waals surface area (Å²) in [5.74, 6) is 0. The standard InChI is InChI=1S/C11H19N3/c1-5-6-14-9-12-7-10(14)8-13-11(2,3)4/h5,7,9,13H,1,6,8H2,2-4H3. The highest BCUT2D eigenvalue weighted by atomic mass is 15.1. The van der Waals surface area contributed by atoms with Gasteiger partial charge in [-0.25, -0.2) is 4.98 Å². The van der Waals surface area contributed by atoms with Gasteiger partial charge in [-0.05, 0) is 20.8 Å². The number of hydrogen-bond acceptors (Lipinski definition) is 2. The minimum atomic E-state index is 0.142. The zero-order valence-electron chi connectivity index (χ0n) is 9.25. The second-order valence-corrected chi connectivity index (χ2v) is 4.43. The molecule has 1 aromatic rings. The molecule has 0 amide bonds. The van der Waals surface area contributed by atoms with Crippen LogP contribution in [-0.2, 0) is 13.1 Å². The van der Waals surface area contributed by atoms with Crippen molar-refractivity contribution >= 4 is 0 Å². The van der Waals surface area contributed by atoms with Crippen molar-refractivity contribution in [2.24, 2.45) is 0 Å². The molecule has 1 heterocycles. The Kier molecular flexibility index (Phi) is 3.47. The molecule has 0 unspecified atom stereocenters. The molecular formula is C11H19N3. The van der Waals surface area contributed by atoms with Crippen LogP contribution in [0.25, 0.3) is 0 Å². The third kappa shape index (κ3) is 3.34. The second-order valence-electron chi connectivity index (χ2n) is 4.43. The van der Waals surface area contributed by atoms with Gasteiger partial charge in [0.05, 0.1) is 12.0 Å². The van der Waals surface area contributed by atoms with Gasteiger partial charge >= 0.3 is 0 Å². The first-order valence-corrected chi connectivity index (χ1v) is 4.88. The molecule has 0 spiro atoms. The summed E-state index contributed by atoms with van der Waals surface area (Å²) in [4.78, 5) is 4.12. The van der Waals surface area contributed by atoms with Gasteiger partial charge in [0.1, 0.15) is 0 Å². The van der Waals surface area contributed by atoms with E-state index in [1.165, 1.54) is 5.69 Å². The summed E-state index contributed by atoms with van der Waals surface area (Å²) in [6.45, 7) is 11.8. The average molecular weight is 193 g/mol. The van der Waals surface area contributed by atoms with E-state index in [1.807, 2.05) is 18.6 Å². The monoisotopic (exact) mass is 193 g/mol. The van der Waals surface area contributed by atoms with Crippen LogP contribution in [0.5, 0.6) is 0 Å². The van der Waals surface area contributed by atoms with Crippen molar-refractivity contribution in [1.82, 2.24) is 14.9 Å². The topological polar surface area (TPSA) is 29.9 Å². The van der Waals surface area contributed by atoms with Gasteiger partial charge in [0.2, 0.25) is 0 Å². The van der Waals surface area contributed by atoms with E-state index < -0.39 is 0 Å². The van der Waals surface area contributed by atoms with Crippen molar-refractivity contribution in [2.75, 3.05) is 0 Å². The lowest BCUT2D eigenvalue weighted by Gasteiger charge is -2.20. The molecule has 0 aliphatic heterocycles. The Bertz CT molecular complexity index is 294. The Morgan fingerprint density at radius 2 is 2.29 bits per heavy atom.